The van der Waals surface area contributed by atoms with Crippen LogP contribution < -0.4 is 9.47 Å². The first-order chi connectivity index (χ1) is 16.3. The molecule has 0 amide bonds. The van der Waals surface area contributed by atoms with Crippen molar-refractivity contribution < 1.29 is 9.47 Å². The lowest BCUT2D eigenvalue weighted by Crippen LogP contribution is -2.31. The fourth-order valence-corrected chi connectivity index (χ4v) is 6.08. The van der Waals surface area contributed by atoms with Crippen molar-refractivity contribution in [3.8, 4) is 11.5 Å². The number of benzene rings is 3. The summed E-state index contributed by atoms with van der Waals surface area (Å²) in [6.45, 7) is 4.40. The summed E-state index contributed by atoms with van der Waals surface area (Å²) in [5.74, 6) is 3.48. The highest BCUT2D eigenvalue weighted by Crippen LogP contribution is 2.47. The van der Waals surface area contributed by atoms with Crippen molar-refractivity contribution >= 4 is 11.8 Å². The topological polar surface area (TPSA) is 21.7 Å². The van der Waals surface area contributed by atoms with Crippen molar-refractivity contribution in [3.05, 3.63) is 89.5 Å². The normalized spacial score (nSPS) is 20.6. The van der Waals surface area contributed by atoms with Gasteiger partial charge >= 0.3 is 0 Å². The third-order valence-corrected chi connectivity index (χ3v) is 7.96. The average Bonchev–Trinajstić information content (AvgIpc) is 2.89. The molecule has 0 aliphatic carbocycles. The number of rotatable bonds is 7. The minimum absolute atomic E-state index is 0.259. The molecule has 172 valence electrons. The molecular weight excluding hydrogens is 426 g/mol. The summed E-state index contributed by atoms with van der Waals surface area (Å²) >= 11 is 1.97. The van der Waals surface area contributed by atoms with E-state index in [-0.39, 0.29) is 11.8 Å². The molecule has 2 atom stereocenters. The van der Waals surface area contributed by atoms with Crippen LogP contribution >= 0.6 is 11.8 Å². The summed E-state index contributed by atoms with van der Waals surface area (Å²) in [6.07, 6.45) is 4.12. The van der Waals surface area contributed by atoms with Gasteiger partial charge in [0.25, 0.3) is 0 Å². The van der Waals surface area contributed by atoms with Gasteiger partial charge < -0.3 is 14.4 Å². The van der Waals surface area contributed by atoms with E-state index < -0.39 is 0 Å². The van der Waals surface area contributed by atoms with Gasteiger partial charge in [-0.15, -0.1) is 11.8 Å². The molecule has 0 unspecified atom stereocenters. The van der Waals surface area contributed by atoms with E-state index in [1.165, 1.54) is 60.5 Å². The van der Waals surface area contributed by atoms with Crippen LogP contribution in [0.15, 0.2) is 77.7 Å². The lowest BCUT2D eigenvalue weighted by molar-refractivity contribution is 0.242. The van der Waals surface area contributed by atoms with Crippen LogP contribution in [0, 0.1) is 0 Å². The largest absolute Gasteiger partial charge is 0.497 e. The predicted octanol–water partition coefficient (Wildman–Crippen LogP) is 6.58. The lowest BCUT2D eigenvalue weighted by Gasteiger charge is -2.34. The Morgan fingerprint density at radius 1 is 0.909 bits per heavy atom. The Morgan fingerprint density at radius 3 is 2.45 bits per heavy atom. The summed E-state index contributed by atoms with van der Waals surface area (Å²) in [4.78, 5) is 3.97. The fourth-order valence-electron chi connectivity index (χ4n) is 5.16. The van der Waals surface area contributed by atoms with E-state index >= 15 is 0 Å². The van der Waals surface area contributed by atoms with Crippen molar-refractivity contribution in [2.24, 2.45) is 0 Å². The molecule has 0 aromatic heterocycles. The smallest absolute Gasteiger partial charge is 0.126 e. The van der Waals surface area contributed by atoms with Crippen LogP contribution in [0.5, 0.6) is 11.5 Å². The molecule has 2 aliphatic rings. The van der Waals surface area contributed by atoms with Crippen LogP contribution in [0.2, 0.25) is 0 Å². The summed E-state index contributed by atoms with van der Waals surface area (Å²) in [5, 5.41) is 0. The maximum absolute atomic E-state index is 6.23. The minimum atomic E-state index is 0.259. The maximum atomic E-state index is 6.23. The van der Waals surface area contributed by atoms with Crippen molar-refractivity contribution in [1.82, 2.24) is 4.90 Å². The summed E-state index contributed by atoms with van der Waals surface area (Å²) in [6, 6.07) is 26.3. The summed E-state index contributed by atoms with van der Waals surface area (Å²) in [5.41, 5.74) is 3.91. The molecule has 1 fully saturated rings. The summed E-state index contributed by atoms with van der Waals surface area (Å²) < 4.78 is 11.7. The van der Waals surface area contributed by atoms with Crippen molar-refractivity contribution in [2.45, 2.75) is 36.0 Å². The Labute approximate surface area is 202 Å². The third-order valence-electron chi connectivity index (χ3n) is 6.97. The molecule has 3 nitrogen and oxygen atoms in total. The second-order valence-corrected chi connectivity index (χ2v) is 10.2. The van der Waals surface area contributed by atoms with Gasteiger partial charge in [-0.1, -0.05) is 55.0 Å². The molecular formula is C29H33NO2S. The monoisotopic (exact) mass is 459 g/mol. The van der Waals surface area contributed by atoms with Crippen LogP contribution in [0.1, 0.15) is 47.8 Å². The molecule has 5 rings (SSSR count). The first-order valence-corrected chi connectivity index (χ1v) is 13.1. The SMILES string of the molecule is COc1ccc2c(c1)OC[C@@H](c1ccccc1)[C@H]2c1ccc(SCCN2CCCCC2)cc1. The molecule has 2 aliphatic heterocycles. The van der Waals surface area contributed by atoms with E-state index in [0.29, 0.717) is 6.61 Å². The van der Waals surface area contributed by atoms with Gasteiger partial charge in [0.05, 0.1) is 13.7 Å². The highest BCUT2D eigenvalue weighted by atomic mass is 32.2. The van der Waals surface area contributed by atoms with Crippen molar-refractivity contribution in [1.29, 1.82) is 0 Å². The fraction of sp³-hybridized carbons (Fsp3) is 0.379. The Morgan fingerprint density at radius 2 is 1.70 bits per heavy atom. The second kappa shape index (κ2) is 10.7. The zero-order valence-electron chi connectivity index (χ0n) is 19.4. The highest BCUT2D eigenvalue weighted by molar-refractivity contribution is 7.99. The predicted molar refractivity (Wildman–Crippen MR) is 137 cm³/mol. The number of piperidine rings is 1. The standard InChI is InChI=1S/C29H33NO2S/c1-31-24-12-15-26-28(20-24)32-21-27(22-8-4-2-5-9-22)29(26)23-10-13-25(14-11-23)33-19-18-30-16-6-3-7-17-30/h2,4-5,8-15,20,27,29H,3,6-7,16-19,21H2,1H3/t27-,29-/m0/s1. The molecule has 3 aromatic carbocycles. The van der Waals surface area contributed by atoms with Gasteiger partial charge in [-0.3, -0.25) is 0 Å². The quantitative estimate of drug-likeness (QED) is 0.372. The number of hydrogen-bond donors (Lipinski definition) is 0. The van der Waals surface area contributed by atoms with E-state index in [0.717, 1.165) is 17.3 Å². The van der Waals surface area contributed by atoms with Crippen LogP contribution in [0.4, 0.5) is 0 Å². The minimum Gasteiger partial charge on any atom is -0.497 e. The molecule has 4 heteroatoms. The van der Waals surface area contributed by atoms with E-state index in [9.17, 15) is 0 Å². The Kier molecular flexibility index (Phi) is 7.23. The lowest BCUT2D eigenvalue weighted by atomic mass is 9.76. The van der Waals surface area contributed by atoms with Gasteiger partial charge in [-0.05, 0) is 55.3 Å². The Hall–Kier alpha value is -2.43. The molecule has 0 spiro atoms. The van der Waals surface area contributed by atoms with Gasteiger partial charge in [-0.2, -0.15) is 0 Å². The number of likely N-dealkylation sites (tertiary alicyclic amines) is 1. The number of methoxy groups -OCH3 is 1. The Bertz CT molecular complexity index is 1030. The molecule has 3 aromatic rings. The number of thioether (sulfide) groups is 1. The van der Waals surface area contributed by atoms with Gasteiger partial charge in [-0.25, -0.2) is 0 Å². The summed E-state index contributed by atoms with van der Waals surface area (Å²) in [7, 11) is 1.70. The third kappa shape index (κ3) is 5.23. The molecule has 0 bridgehead atoms. The van der Waals surface area contributed by atoms with Gasteiger partial charge in [0.2, 0.25) is 0 Å². The van der Waals surface area contributed by atoms with Crippen LogP contribution in [-0.2, 0) is 0 Å². The van der Waals surface area contributed by atoms with E-state index in [1.807, 2.05) is 23.9 Å². The number of nitrogens with zero attached hydrogens (tertiary/aromatic N) is 1. The van der Waals surface area contributed by atoms with Gasteiger partial charge in [0.1, 0.15) is 11.5 Å². The molecule has 2 heterocycles. The molecule has 33 heavy (non-hydrogen) atoms. The molecule has 0 saturated carbocycles. The second-order valence-electron chi connectivity index (χ2n) is 9.03. The number of fused-ring (bicyclic) bond motifs is 1. The van der Waals surface area contributed by atoms with Crippen LogP contribution in [-0.4, -0.2) is 44.0 Å². The van der Waals surface area contributed by atoms with Crippen molar-refractivity contribution in [2.75, 3.05) is 39.1 Å². The average molecular weight is 460 g/mol. The zero-order chi connectivity index (χ0) is 22.5. The van der Waals surface area contributed by atoms with Crippen LogP contribution in [0.25, 0.3) is 0 Å². The van der Waals surface area contributed by atoms with Crippen LogP contribution in [0.3, 0.4) is 0 Å². The number of hydrogen-bond acceptors (Lipinski definition) is 4. The van der Waals surface area contributed by atoms with Gasteiger partial charge in [0, 0.05) is 40.7 Å². The first kappa shape index (κ1) is 22.4. The highest BCUT2D eigenvalue weighted by Gasteiger charge is 2.33. The molecule has 1 saturated heterocycles. The first-order valence-electron chi connectivity index (χ1n) is 12.1. The Balaban J connectivity index is 1.36. The van der Waals surface area contributed by atoms with E-state index in [1.54, 1.807) is 7.11 Å². The molecule has 0 N–H and O–H groups in total. The van der Waals surface area contributed by atoms with Crippen molar-refractivity contribution in [3.63, 3.8) is 0 Å². The number of ether oxygens (including phenoxy) is 2. The van der Waals surface area contributed by atoms with E-state index in [4.69, 9.17) is 9.47 Å². The zero-order valence-corrected chi connectivity index (χ0v) is 20.2. The molecule has 0 radical (unpaired) electrons. The van der Waals surface area contributed by atoms with Gasteiger partial charge in [0.15, 0.2) is 0 Å². The maximum Gasteiger partial charge on any atom is 0.126 e. The van der Waals surface area contributed by atoms with E-state index in [2.05, 4.69) is 65.6 Å².